The smallest absolute Gasteiger partial charge is 0.270 e. The zero-order valence-corrected chi connectivity index (χ0v) is 17.4. The highest BCUT2D eigenvalue weighted by Crippen LogP contribution is 2.35. The molecular formula is C20H17FN4O3S2. The number of rotatable bonds is 5. The normalized spacial score (nSPS) is 14.0. The first-order valence-corrected chi connectivity index (χ1v) is 10.9. The number of hydrogen-bond donors (Lipinski definition) is 0. The molecule has 1 aliphatic heterocycles. The van der Waals surface area contributed by atoms with E-state index in [1.165, 1.54) is 24.3 Å². The number of nitro benzene ring substituents is 1. The van der Waals surface area contributed by atoms with Crippen LogP contribution in [0, 0.1) is 15.9 Å². The Bertz CT molecular complexity index is 1070. The van der Waals surface area contributed by atoms with Gasteiger partial charge in [-0.1, -0.05) is 23.9 Å². The van der Waals surface area contributed by atoms with Crippen molar-refractivity contribution in [2.45, 2.75) is 9.79 Å². The van der Waals surface area contributed by atoms with Gasteiger partial charge in [0.1, 0.15) is 5.82 Å². The third kappa shape index (κ3) is 4.29. The molecule has 1 aromatic heterocycles. The van der Waals surface area contributed by atoms with Crippen LogP contribution in [0.4, 0.5) is 15.2 Å². The summed E-state index contributed by atoms with van der Waals surface area (Å²) in [5.41, 5.74) is 0.0396. The van der Waals surface area contributed by atoms with Gasteiger partial charge < -0.3 is 9.80 Å². The molecule has 154 valence electrons. The Hall–Kier alpha value is -2.98. The summed E-state index contributed by atoms with van der Waals surface area (Å²) < 4.78 is 14.1. The van der Waals surface area contributed by atoms with E-state index in [4.69, 9.17) is 0 Å². The molecule has 1 aliphatic rings. The predicted molar refractivity (Wildman–Crippen MR) is 114 cm³/mol. The number of benzene rings is 2. The first-order chi connectivity index (χ1) is 14.5. The molecule has 0 bridgehead atoms. The van der Waals surface area contributed by atoms with Gasteiger partial charge in [0.2, 0.25) is 0 Å². The number of thiazole rings is 1. The van der Waals surface area contributed by atoms with Crippen LogP contribution in [0.2, 0.25) is 0 Å². The lowest BCUT2D eigenvalue weighted by Crippen LogP contribution is -2.48. The van der Waals surface area contributed by atoms with Crippen molar-refractivity contribution in [3.05, 3.63) is 75.5 Å². The minimum Gasteiger partial charge on any atom is -0.345 e. The standard InChI is InChI=1S/C20H17FN4O3S2/c21-16-3-1-2-4-18(16)30-17-6-5-14(25(27)28)13-15(17)19(26)23-8-10-24(11-9-23)20-22-7-12-29-20/h1-7,12-13H,8-11H2. The summed E-state index contributed by atoms with van der Waals surface area (Å²) in [6.07, 6.45) is 1.74. The van der Waals surface area contributed by atoms with Crippen LogP contribution in [-0.2, 0) is 0 Å². The number of piperazine rings is 1. The molecule has 7 nitrogen and oxygen atoms in total. The second-order valence-electron chi connectivity index (χ2n) is 6.56. The van der Waals surface area contributed by atoms with Crippen molar-refractivity contribution in [2.24, 2.45) is 0 Å². The fourth-order valence-corrected chi connectivity index (χ4v) is 4.82. The van der Waals surface area contributed by atoms with Gasteiger partial charge in [0, 0.05) is 59.7 Å². The Kier molecular flexibility index (Phi) is 5.96. The van der Waals surface area contributed by atoms with Crippen LogP contribution < -0.4 is 4.90 Å². The Morgan fingerprint density at radius 1 is 1.13 bits per heavy atom. The molecule has 0 aliphatic carbocycles. The van der Waals surface area contributed by atoms with Crippen LogP contribution in [0.25, 0.3) is 0 Å². The number of halogens is 1. The number of anilines is 1. The highest BCUT2D eigenvalue weighted by Gasteiger charge is 2.26. The average molecular weight is 445 g/mol. The van der Waals surface area contributed by atoms with Gasteiger partial charge in [0.25, 0.3) is 11.6 Å². The van der Waals surface area contributed by atoms with E-state index in [2.05, 4.69) is 9.88 Å². The zero-order chi connectivity index (χ0) is 21.1. The summed E-state index contributed by atoms with van der Waals surface area (Å²) in [5, 5.41) is 14.1. The maximum atomic E-state index is 14.1. The van der Waals surface area contributed by atoms with Gasteiger partial charge in [-0.2, -0.15) is 0 Å². The largest absolute Gasteiger partial charge is 0.345 e. The summed E-state index contributed by atoms with van der Waals surface area (Å²) in [5.74, 6) is -0.701. The molecule has 30 heavy (non-hydrogen) atoms. The van der Waals surface area contributed by atoms with Gasteiger partial charge in [-0.15, -0.1) is 11.3 Å². The monoisotopic (exact) mass is 444 g/mol. The average Bonchev–Trinajstić information content (AvgIpc) is 3.30. The number of carbonyl (C=O) groups is 1. The van der Waals surface area contributed by atoms with Crippen LogP contribution in [0.3, 0.4) is 0 Å². The minimum absolute atomic E-state index is 0.169. The Balaban J connectivity index is 1.58. The summed E-state index contributed by atoms with van der Waals surface area (Å²) in [7, 11) is 0. The van der Waals surface area contributed by atoms with Crippen molar-refractivity contribution in [3.8, 4) is 0 Å². The number of nitro groups is 1. The van der Waals surface area contributed by atoms with Crippen molar-refractivity contribution >= 4 is 39.8 Å². The molecule has 0 spiro atoms. The maximum Gasteiger partial charge on any atom is 0.270 e. The number of non-ortho nitro benzene ring substituents is 1. The van der Waals surface area contributed by atoms with E-state index in [1.54, 1.807) is 40.6 Å². The van der Waals surface area contributed by atoms with Crippen LogP contribution in [0.5, 0.6) is 0 Å². The number of aromatic nitrogens is 1. The maximum absolute atomic E-state index is 14.1. The quantitative estimate of drug-likeness (QED) is 0.431. The summed E-state index contributed by atoms with van der Waals surface area (Å²) in [6, 6.07) is 10.4. The van der Waals surface area contributed by atoms with Crippen molar-refractivity contribution in [1.29, 1.82) is 0 Å². The SMILES string of the molecule is O=C(c1cc([N+](=O)[O-])ccc1Sc1ccccc1F)N1CCN(c2nccs2)CC1. The van der Waals surface area contributed by atoms with E-state index < -0.39 is 10.7 Å². The lowest BCUT2D eigenvalue weighted by atomic mass is 10.1. The van der Waals surface area contributed by atoms with Crippen LogP contribution in [-0.4, -0.2) is 46.9 Å². The highest BCUT2D eigenvalue weighted by atomic mass is 32.2. The molecule has 0 radical (unpaired) electrons. The fraction of sp³-hybridized carbons (Fsp3) is 0.200. The zero-order valence-electron chi connectivity index (χ0n) is 15.7. The molecule has 0 N–H and O–H groups in total. The molecule has 1 amide bonds. The first kappa shape index (κ1) is 20.3. The van der Waals surface area contributed by atoms with E-state index in [1.807, 2.05) is 5.38 Å². The van der Waals surface area contributed by atoms with Crippen molar-refractivity contribution in [3.63, 3.8) is 0 Å². The molecule has 1 saturated heterocycles. The third-order valence-corrected chi connectivity index (χ3v) is 6.68. The summed E-state index contributed by atoms with van der Waals surface area (Å²) >= 11 is 2.63. The number of carbonyl (C=O) groups excluding carboxylic acids is 1. The molecule has 0 saturated carbocycles. The molecule has 10 heteroatoms. The number of hydrogen-bond acceptors (Lipinski definition) is 7. The van der Waals surface area contributed by atoms with Crippen LogP contribution in [0.1, 0.15) is 10.4 Å². The van der Waals surface area contributed by atoms with Crippen LogP contribution in [0.15, 0.2) is 63.8 Å². The molecular weight excluding hydrogens is 427 g/mol. The van der Waals surface area contributed by atoms with E-state index in [0.29, 0.717) is 36.0 Å². The van der Waals surface area contributed by atoms with Gasteiger partial charge in [-0.3, -0.25) is 14.9 Å². The van der Waals surface area contributed by atoms with Crippen molar-refractivity contribution in [2.75, 3.05) is 31.1 Å². The summed E-state index contributed by atoms with van der Waals surface area (Å²) in [6.45, 7) is 2.21. The highest BCUT2D eigenvalue weighted by molar-refractivity contribution is 7.99. The molecule has 4 rings (SSSR count). The fourth-order valence-electron chi connectivity index (χ4n) is 3.18. The number of amides is 1. The van der Waals surface area contributed by atoms with Crippen LogP contribution >= 0.6 is 23.1 Å². The predicted octanol–water partition coefficient (Wildman–Crippen LogP) is 4.30. The van der Waals surface area contributed by atoms with E-state index in [0.717, 1.165) is 16.9 Å². The molecule has 3 aromatic rings. The molecule has 2 aromatic carbocycles. The third-order valence-electron chi connectivity index (χ3n) is 4.72. The van der Waals surface area contributed by atoms with Gasteiger partial charge in [0.15, 0.2) is 5.13 Å². The molecule has 0 unspecified atom stereocenters. The second kappa shape index (κ2) is 8.80. The van der Waals surface area contributed by atoms with Crippen molar-refractivity contribution < 1.29 is 14.1 Å². The Morgan fingerprint density at radius 3 is 2.57 bits per heavy atom. The molecule has 0 atom stereocenters. The topological polar surface area (TPSA) is 79.6 Å². The first-order valence-electron chi connectivity index (χ1n) is 9.17. The summed E-state index contributed by atoms with van der Waals surface area (Å²) in [4.78, 5) is 32.9. The second-order valence-corrected chi connectivity index (χ2v) is 8.52. The van der Waals surface area contributed by atoms with Gasteiger partial charge in [-0.25, -0.2) is 9.37 Å². The lowest BCUT2D eigenvalue weighted by Gasteiger charge is -2.34. The minimum atomic E-state index is -0.533. The van der Waals surface area contributed by atoms with Gasteiger partial charge >= 0.3 is 0 Å². The Labute approximate surface area is 180 Å². The van der Waals surface area contributed by atoms with E-state index >= 15 is 0 Å². The Morgan fingerprint density at radius 2 is 1.90 bits per heavy atom. The van der Waals surface area contributed by atoms with Crippen molar-refractivity contribution in [1.82, 2.24) is 9.88 Å². The van der Waals surface area contributed by atoms with Gasteiger partial charge in [-0.05, 0) is 18.2 Å². The molecule has 1 fully saturated rings. The van der Waals surface area contributed by atoms with E-state index in [-0.39, 0.29) is 17.2 Å². The molecule has 2 heterocycles. The van der Waals surface area contributed by atoms with E-state index in [9.17, 15) is 19.3 Å². The number of nitrogens with zero attached hydrogens (tertiary/aromatic N) is 4. The lowest BCUT2D eigenvalue weighted by molar-refractivity contribution is -0.384. The van der Waals surface area contributed by atoms with Gasteiger partial charge in [0.05, 0.1) is 10.5 Å².